The Morgan fingerprint density at radius 3 is 2.41 bits per heavy atom. The summed E-state index contributed by atoms with van der Waals surface area (Å²) in [6, 6.07) is 0. The molecule has 2 aliphatic heterocycles. The van der Waals surface area contributed by atoms with Crippen LogP contribution in [0.1, 0.15) is 97.3 Å². The number of nitrogens with zero attached hydrogens (tertiary/aromatic N) is 1. The van der Waals surface area contributed by atoms with Gasteiger partial charge in [0.05, 0.1) is 5.92 Å². The molecule has 0 aromatic heterocycles. The number of piperazine rings is 1. The zero-order chi connectivity index (χ0) is 22.7. The van der Waals surface area contributed by atoms with Crippen molar-refractivity contribution in [2.75, 3.05) is 45.8 Å². The van der Waals surface area contributed by atoms with Crippen molar-refractivity contribution in [1.82, 2.24) is 15.5 Å². The van der Waals surface area contributed by atoms with Crippen molar-refractivity contribution in [1.29, 1.82) is 0 Å². The zero-order valence-corrected chi connectivity index (χ0v) is 21.1. The molecule has 2 unspecified atom stereocenters. The molecular formula is C27H51N3O2. The lowest BCUT2D eigenvalue weighted by atomic mass is 9.64. The Hall–Kier alpha value is -0.650. The van der Waals surface area contributed by atoms with Crippen molar-refractivity contribution in [2.24, 2.45) is 17.3 Å². The van der Waals surface area contributed by atoms with Crippen molar-refractivity contribution in [3.63, 3.8) is 0 Å². The van der Waals surface area contributed by atoms with Crippen molar-refractivity contribution >= 4 is 5.97 Å². The minimum absolute atomic E-state index is 0.0718. The second-order valence-electron chi connectivity index (χ2n) is 10.9. The molecule has 5 nitrogen and oxygen atoms in total. The Morgan fingerprint density at radius 2 is 1.69 bits per heavy atom. The van der Waals surface area contributed by atoms with Gasteiger partial charge >= 0.3 is 5.97 Å². The maximum Gasteiger partial charge on any atom is 0.309 e. The second-order valence-corrected chi connectivity index (χ2v) is 10.9. The normalized spacial score (nSPS) is 30.3. The number of piperidine rings is 1. The van der Waals surface area contributed by atoms with E-state index in [0.29, 0.717) is 0 Å². The molecule has 1 saturated carbocycles. The maximum atomic E-state index is 13.1. The first-order valence-corrected chi connectivity index (χ1v) is 14.0. The monoisotopic (exact) mass is 449 g/mol. The van der Waals surface area contributed by atoms with Crippen molar-refractivity contribution in [3.05, 3.63) is 0 Å². The van der Waals surface area contributed by atoms with E-state index in [0.717, 1.165) is 44.9 Å². The molecule has 2 saturated heterocycles. The number of esters is 1. The summed E-state index contributed by atoms with van der Waals surface area (Å²) in [4.78, 5) is 15.7. The Bertz CT molecular complexity index is 527. The Kier molecular flexibility index (Phi) is 11.3. The average Bonchev–Trinajstić information content (AvgIpc) is 2.82. The standard InChI is InChI=1S/C27H51N3O2/c1-3-5-6-7-8-9-10-24(4-2)26(31)32-25-21-29-16-15-27(25)13-11-23(12-14-27)22-30-19-17-28-18-20-30/h23-25,28-29H,3-22H2,1-2H3. The van der Waals surface area contributed by atoms with Gasteiger partial charge in [0.15, 0.2) is 0 Å². The molecule has 3 aliphatic rings. The predicted molar refractivity (Wildman–Crippen MR) is 133 cm³/mol. The Morgan fingerprint density at radius 1 is 0.969 bits per heavy atom. The molecule has 0 bridgehead atoms. The van der Waals surface area contributed by atoms with Crippen LogP contribution in [0.3, 0.4) is 0 Å². The number of hydrogen-bond acceptors (Lipinski definition) is 5. The van der Waals surface area contributed by atoms with Gasteiger partial charge < -0.3 is 20.3 Å². The van der Waals surface area contributed by atoms with E-state index >= 15 is 0 Å². The van der Waals surface area contributed by atoms with Crippen molar-refractivity contribution in [3.8, 4) is 0 Å². The van der Waals surface area contributed by atoms with Gasteiger partial charge in [-0.15, -0.1) is 0 Å². The molecule has 3 fully saturated rings. The lowest BCUT2D eigenvalue weighted by Crippen LogP contribution is -2.53. The van der Waals surface area contributed by atoms with Gasteiger partial charge in [0.25, 0.3) is 0 Å². The van der Waals surface area contributed by atoms with E-state index in [2.05, 4.69) is 29.4 Å². The molecule has 3 rings (SSSR count). The van der Waals surface area contributed by atoms with Gasteiger partial charge in [-0.3, -0.25) is 4.79 Å². The van der Waals surface area contributed by atoms with E-state index in [9.17, 15) is 4.79 Å². The molecule has 5 heteroatoms. The topological polar surface area (TPSA) is 53.6 Å². The fraction of sp³-hybridized carbons (Fsp3) is 0.963. The molecule has 32 heavy (non-hydrogen) atoms. The van der Waals surface area contributed by atoms with Crippen LogP contribution in [-0.4, -0.2) is 62.8 Å². The smallest absolute Gasteiger partial charge is 0.309 e. The summed E-state index contributed by atoms with van der Waals surface area (Å²) in [5, 5.41) is 6.99. The van der Waals surface area contributed by atoms with Gasteiger partial charge in [-0.05, 0) is 57.4 Å². The summed E-state index contributed by atoms with van der Waals surface area (Å²) in [5.41, 5.74) is 0.222. The third-order valence-electron chi connectivity index (χ3n) is 8.63. The molecular weight excluding hydrogens is 398 g/mol. The summed E-state index contributed by atoms with van der Waals surface area (Å²) >= 11 is 0. The van der Waals surface area contributed by atoms with Gasteiger partial charge in [-0.25, -0.2) is 0 Å². The minimum Gasteiger partial charge on any atom is -0.460 e. The van der Waals surface area contributed by atoms with Crippen LogP contribution in [0.25, 0.3) is 0 Å². The van der Waals surface area contributed by atoms with Gasteiger partial charge in [-0.2, -0.15) is 0 Å². The number of unbranched alkanes of at least 4 members (excludes halogenated alkanes) is 5. The molecule has 1 spiro atoms. The van der Waals surface area contributed by atoms with E-state index in [1.807, 2.05) is 0 Å². The zero-order valence-electron chi connectivity index (χ0n) is 21.1. The Balaban J connectivity index is 1.45. The first-order chi connectivity index (χ1) is 15.7. The molecule has 0 amide bonds. The lowest BCUT2D eigenvalue weighted by molar-refractivity contribution is -0.166. The van der Waals surface area contributed by atoms with Gasteiger partial charge in [-0.1, -0.05) is 52.4 Å². The van der Waals surface area contributed by atoms with Crippen LogP contribution in [0.15, 0.2) is 0 Å². The van der Waals surface area contributed by atoms with E-state index in [-0.39, 0.29) is 23.4 Å². The van der Waals surface area contributed by atoms with E-state index in [1.54, 1.807) is 0 Å². The number of carbonyl (C=O) groups excluding carboxylic acids is 1. The van der Waals surface area contributed by atoms with Crippen LogP contribution in [0.2, 0.25) is 0 Å². The summed E-state index contributed by atoms with van der Waals surface area (Å²) < 4.78 is 6.30. The fourth-order valence-electron chi connectivity index (χ4n) is 6.28. The lowest BCUT2D eigenvalue weighted by Gasteiger charge is -2.48. The minimum atomic E-state index is 0.0718. The van der Waals surface area contributed by atoms with Gasteiger partial charge in [0.1, 0.15) is 6.10 Å². The van der Waals surface area contributed by atoms with Crippen LogP contribution in [0.5, 0.6) is 0 Å². The third kappa shape index (κ3) is 7.70. The van der Waals surface area contributed by atoms with E-state index < -0.39 is 0 Å². The first kappa shape index (κ1) is 26.0. The van der Waals surface area contributed by atoms with Crippen molar-refractivity contribution in [2.45, 2.75) is 103 Å². The molecule has 0 radical (unpaired) electrons. The largest absolute Gasteiger partial charge is 0.460 e. The summed E-state index contributed by atoms with van der Waals surface area (Å²) in [6.07, 6.45) is 15.9. The van der Waals surface area contributed by atoms with Crippen LogP contribution in [-0.2, 0) is 9.53 Å². The number of hydrogen-bond donors (Lipinski definition) is 2. The second kappa shape index (κ2) is 13.9. The molecule has 0 aromatic rings. The molecule has 2 heterocycles. The molecule has 0 aromatic carbocycles. The highest BCUT2D eigenvalue weighted by atomic mass is 16.5. The maximum absolute atomic E-state index is 13.1. The average molecular weight is 450 g/mol. The van der Waals surface area contributed by atoms with Crippen LogP contribution in [0, 0.1) is 17.3 Å². The van der Waals surface area contributed by atoms with Crippen LogP contribution < -0.4 is 10.6 Å². The highest BCUT2D eigenvalue weighted by molar-refractivity contribution is 5.72. The number of carbonyl (C=O) groups is 1. The van der Waals surface area contributed by atoms with E-state index in [1.165, 1.54) is 90.3 Å². The molecule has 186 valence electrons. The first-order valence-electron chi connectivity index (χ1n) is 14.0. The summed E-state index contributed by atoms with van der Waals surface area (Å²) in [7, 11) is 0. The Labute approximate surface area is 197 Å². The summed E-state index contributed by atoms with van der Waals surface area (Å²) in [5.74, 6) is 0.988. The van der Waals surface area contributed by atoms with Gasteiger partial charge in [0, 0.05) is 44.7 Å². The molecule has 2 atom stereocenters. The van der Waals surface area contributed by atoms with Crippen LogP contribution >= 0.6 is 0 Å². The quantitative estimate of drug-likeness (QED) is 0.333. The highest BCUT2D eigenvalue weighted by Gasteiger charge is 2.46. The number of ether oxygens (including phenoxy) is 1. The van der Waals surface area contributed by atoms with E-state index in [4.69, 9.17) is 4.74 Å². The van der Waals surface area contributed by atoms with Gasteiger partial charge in [0.2, 0.25) is 0 Å². The fourth-order valence-corrected chi connectivity index (χ4v) is 6.28. The number of nitrogens with one attached hydrogen (secondary N) is 2. The van der Waals surface area contributed by atoms with Crippen molar-refractivity contribution < 1.29 is 9.53 Å². The molecule has 2 N–H and O–H groups in total. The summed E-state index contributed by atoms with van der Waals surface area (Å²) in [6.45, 7) is 12.3. The predicted octanol–water partition coefficient (Wildman–Crippen LogP) is 4.75. The number of rotatable bonds is 12. The SMILES string of the molecule is CCCCCCCCC(CC)C(=O)OC1CNCCC12CCC(CN1CCNCC1)CC2. The van der Waals surface area contributed by atoms with Crippen LogP contribution in [0.4, 0.5) is 0 Å². The third-order valence-corrected chi connectivity index (χ3v) is 8.63. The highest BCUT2D eigenvalue weighted by Crippen LogP contribution is 2.46. The molecule has 1 aliphatic carbocycles.